The Morgan fingerprint density at radius 3 is 2.78 bits per heavy atom. The van der Waals surface area contributed by atoms with Gasteiger partial charge in [0.25, 0.3) is 0 Å². The maximum Gasteiger partial charge on any atom is 0.170 e. The van der Waals surface area contributed by atoms with E-state index in [2.05, 4.69) is 28.2 Å². The summed E-state index contributed by atoms with van der Waals surface area (Å²) < 4.78 is 15.8. The molecule has 3 heterocycles. The summed E-state index contributed by atoms with van der Waals surface area (Å²) >= 11 is 5.63. The molecule has 0 amide bonds. The minimum absolute atomic E-state index is 0.0226. The first-order valence-corrected chi connectivity index (χ1v) is 9.51. The van der Waals surface area contributed by atoms with Gasteiger partial charge in [0, 0.05) is 30.3 Å². The summed E-state index contributed by atoms with van der Waals surface area (Å²) in [7, 11) is 0. The lowest BCUT2D eigenvalue weighted by atomic mass is 10.0. The standard InChI is InChI=1S/C21H21FN4S/c1-2-12-26-20(19(24-21(26)27)17-9-3-4-11-23-17)18-10-6-13-25(18)16-8-5-7-15(22)14-16/h3-11,13-14,19-20H,2,12H2,1H3,(H,24,27)/t19-,20-/m1/s1. The molecule has 1 aromatic carbocycles. The van der Waals surface area contributed by atoms with Crippen LogP contribution in [0.3, 0.4) is 0 Å². The highest BCUT2D eigenvalue weighted by Gasteiger charge is 2.40. The predicted octanol–water partition coefficient (Wildman–Crippen LogP) is 4.39. The molecule has 4 rings (SSSR count). The number of pyridine rings is 1. The maximum atomic E-state index is 13.8. The van der Waals surface area contributed by atoms with Crippen molar-refractivity contribution in [3.05, 3.63) is 84.2 Å². The maximum absolute atomic E-state index is 13.8. The number of hydrogen-bond donors (Lipinski definition) is 1. The largest absolute Gasteiger partial charge is 0.352 e. The summed E-state index contributed by atoms with van der Waals surface area (Å²) in [4.78, 5) is 6.76. The Morgan fingerprint density at radius 1 is 1.15 bits per heavy atom. The molecule has 0 spiro atoms. The van der Waals surface area contributed by atoms with Gasteiger partial charge in [-0.3, -0.25) is 4.98 Å². The van der Waals surface area contributed by atoms with E-state index in [1.165, 1.54) is 6.07 Å². The second-order valence-electron chi connectivity index (χ2n) is 6.60. The van der Waals surface area contributed by atoms with E-state index in [1.54, 1.807) is 18.3 Å². The molecule has 27 heavy (non-hydrogen) atoms. The smallest absolute Gasteiger partial charge is 0.170 e. The van der Waals surface area contributed by atoms with Crippen LogP contribution in [0.2, 0.25) is 0 Å². The van der Waals surface area contributed by atoms with E-state index in [-0.39, 0.29) is 17.9 Å². The van der Waals surface area contributed by atoms with E-state index in [4.69, 9.17) is 12.2 Å². The topological polar surface area (TPSA) is 33.1 Å². The number of nitrogens with one attached hydrogen (secondary N) is 1. The first kappa shape index (κ1) is 17.7. The molecule has 0 saturated carbocycles. The molecule has 0 bridgehead atoms. The molecular weight excluding hydrogens is 359 g/mol. The molecule has 1 N–H and O–H groups in total. The van der Waals surface area contributed by atoms with E-state index in [0.717, 1.165) is 35.2 Å². The SMILES string of the molecule is CCCN1C(=S)N[C@H](c2ccccn2)[C@H]1c1cccn1-c1cccc(F)c1. The number of nitrogens with zero attached hydrogens (tertiary/aromatic N) is 3. The molecule has 0 radical (unpaired) electrons. The van der Waals surface area contributed by atoms with Crippen molar-refractivity contribution in [1.82, 2.24) is 19.8 Å². The Morgan fingerprint density at radius 2 is 2.04 bits per heavy atom. The normalized spacial score (nSPS) is 19.3. The van der Waals surface area contributed by atoms with E-state index in [0.29, 0.717) is 0 Å². The molecule has 1 aliphatic heterocycles. The Hall–Kier alpha value is -2.73. The van der Waals surface area contributed by atoms with E-state index >= 15 is 0 Å². The van der Waals surface area contributed by atoms with E-state index < -0.39 is 0 Å². The minimum Gasteiger partial charge on any atom is -0.352 e. The number of benzene rings is 1. The zero-order valence-electron chi connectivity index (χ0n) is 15.0. The van der Waals surface area contributed by atoms with Gasteiger partial charge in [0.05, 0.1) is 17.8 Å². The fourth-order valence-electron chi connectivity index (χ4n) is 3.70. The zero-order chi connectivity index (χ0) is 18.8. The first-order valence-electron chi connectivity index (χ1n) is 9.10. The fraction of sp³-hybridized carbons (Fsp3) is 0.238. The van der Waals surface area contributed by atoms with Crippen molar-refractivity contribution in [1.29, 1.82) is 0 Å². The van der Waals surface area contributed by atoms with Crippen LogP contribution < -0.4 is 5.32 Å². The highest BCUT2D eigenvalue weighted by molar-refractivity contribution is 7.80. The summed E-state index contributed by atoms with van der Waals surface area (Å²) in [5.41, 5.74) is 2.79. The Labute approximate surface area is 163 Å². The van der Waals surface area contributed by atoms with Crippen LogP contribution in [0.4, 0.5) is 4.39 Å². The van der Waals surface area contributed by atoms with Gasteiger partial charge < -0.3 is 14.8 Å². The van der Waals surface area contributed by atoms with Crippen molar-refractivity contribution in [2.75, 3.05) is 6.54 Å². The van der Waals surface area contributed by atoms with Gasteiger partial charge in [0.1, 0.15) is 5.82 Å². The van der Waals surface area contributed by atoms with Crippen molar-refractivity contribution < 1.29 is 4.39 Å². The molecule has 1 fully saturated rings. The molecule has 3 aromatic rings. The summed E-state index contributed by atoms with van der Waals surface area (Å²) in [6.07, 6.45) is 4.74. The molecule has 1 aliphatic rings. The van der Waals surface area contributed by atoms with Crippen LogP contribution in [0.1, 0.15) is 36.8 Å². The number of rotatable bonds is 5. The highest BCUT2D eigenvalue weighted by atomic mass is 32.1. The second kappa shape index (κ2) is 7.48. The van der Waals surface area contributed by atoms with Crippen LogP contribution in [0.15, 0.2) is 67.0 Å². The number of hydrogen-bond acceptors (Lipinski definition) is 2. The van der Waals surface area contributed by atoms with Crippen LogP contribution in [-0.2, 0) is 0 Å². The van der Waals surface area contributed by atoms with E-state index in [1.807, 2.05) is 41.1 Å². The third kappa shape index (κ3) is 3.32. The molecule has 4 nitrogen and oxygen atoms in total. The van der Waals surface area contributed by atoms with Crippen LogP contribution >= 0.6 is 12.2 Å². The van der Waals surface area contributed by atoms with Crippen LogP contribution in [0, 0.1) is 5.82 Å². The van der Waals surface area contributed by atoms with Gasteiger partial charge in [-0.25, -0.2) is 4.39 Å². The quantitative estimate of drug-likeness (QED) is 0.666. The first-order chi connectivity index (χ1) is 13.2. The molecule has 0 unspecified atom stereocenters. The number of aromatic nitrogens is 2. The van der Waals surface area contributed by atoms with Gasteiger partial charge >= 0.3 is 0 Å². The average Bonchev–Trinajstić information content (AvgIpc) is 3.28. The van der Waals surface area contributed by atoms with Gasteiger partial charge in [0.2, 0.25) is 0 Å². The lowest BCUT2D eigenvalue weighted by Crippen LogP contribution is -2.31. The number of thiocarbonyl (C=S) groups is 1. The van der Waals surface area contributed by atoms with Gasteiger partial charge in [0.15, 0.2) is 5.11 Å². The van der Waals surface area contributed by atoms with Crippen molar-refractivity contribution in [3.63, 3.8) is 0 Å². The van der Waals surface area contributed by atoms with Crippen LogP contribution in [0.5, 0.6) is 0 Å². The van der Waals surface area contributed by atoms with Gasteiger partial charge in [-0.05, 0) is 61.1 Å². The summed E-state index contributed by atoms with van der Waals surface area (Å²) in [5, 5.41) is 4.17. The van der Waals surface area contributed by atoms with Crippen molar-refractivity contribution in [3.8, 4) is 5.69 Å². The molecule has 1 saturated heterocycles. The van der Waals surface area contributed by atoms with Crippen molar-refractivity contribution in [2.45, 2.75) is 25.4 Å². The summed E-state index contributed by atoms with van der Waals surface area (Å²) in [6, 6.07) is 16.5. The van der Waals surface area contributed by atoms with E-state index in [9.17, 15) is 4.39 Å². The Kier molecular flexibility index (Phi) is 4.90. The second-order valence-corrected chi connectivity index (χ2v) is 6.99. The Bertz CT molecular complexity index is 940. The Balaban J connectivity index is 1.81. The average molecular weight is 380 g/mol. The summed E-state index contributed by atoms with van der Waals surface area (Å²) in [5.74, 6) is -0.251. The van der Waals surface area contributed by atoms with Crippen LogP contribution in [0.25, 0.3) is 5.69 Å². The molecule has 0 aliphatic carbocycles. The zero-order valence-corrected chi connectivity index (χ0v) is 15.9. The highest BCUT2D eigenvalue weighted by Crippen LogP contribution is 2.39. The monoisotopic (exact) mass is 380 g/mol. The fourth-order valence-corrected chi connectivity index (χ4v) is 4.04. The predicted molar refractivity (Wildman–Crippen MR) is 108 cm³/mol. The van der Waals surface area contributed by atoms with Crippen LogP contribution in [-0.4, -0.2) is 26.1 Å². The molecule has 6 heteroatoms. The third-order valence-corrected chi connectivity index (χ3v) is 5.18. The third-order valence-electron chi connectivity index (χ3n) is 4.83. The molecular formula is C21H21FN4S. The van der Waals surface area contributed by atoms with Crippen molar-refractivity contribution >= 4 is 17.3 Å². The number of halogens is 1. The van der Waals surface area contributed by atoms with Gasteiger partial charge in [-0.2, -0.15) is 0 Å². The molecule has 2 atom stereocenters. The summed E-state index contributed by atoms with van der Waals surface area (Å²) in [6.45, 7) is 2.98. The minimum atomic E-state index is -0.251. The van der Waals surface area contributed by atoms with Gasteiger partial charge in [-0.15, -0.1) is 0 Å². The molecule has 2 aromatic heterocycles. The molecule has 138 valence electrons. The lowest BCUT2D eigenvalue weighted by molar-refractivity contribution is 0.309. The lowest BCUT2D eigenvalue weighted by Gasteiger charge is -2.28. The van der Waals surface area contributed by atoms with Gasteiger partial charge in [-0.1, -0.05) is 19.1 Å². The van der Waals surface area contributed by atoms with Crippen molar-refractivity contribution in [2.24, 2.45) is 0 Å².